The number of hydrogen-bond acceptors (Lipinski definition) is 6. The van der Waals surface area contributed by atoms with E-state index in [1.165, 1.54) is 4.68 Å². The number of pyridine rings is 2. The van der Waals surface area contributed by atoms with E-state index in [1.807, 2.05) is 38.1 Å². The van der Waals surface area contributed by atoms with Gasteiger partial charge >= 0.3 is 6.03 Å². The molecule has 4 aromatic heterocycles. The van der Waals surface area contributed by atoms with Crippen LogP contribution in [0.15, 0.2) is 61.3 Å². The predicted octanol–water partition coefficient (Wildman–Crippen LogP) is 3.17. The van der Waals surface area contributed by atoms with Gasteiger partial charge in [0, 0.05) is 48.2 Å². The van der Waals surface area contributed by atoms with Crippen molar-refractivity contribution in [2.24, 2.45) is 0 Å². The summed E-state index contributed by atoms with van der Waals surface area (Å²) in [7, 11) is 0. The Morgan fingerprint density at radius 3 is 2.72 bits per heavy atom. The van der Waals surface area contributed by atoms with E-state index in [2.05, 4.69) is 30.6 Å². The zero-order valence-electron chi connectivity index (χ0n) is 16.1. The average molecular weight is 385 g/mol. The van der Waals surface area contributed by atoms with E-state index in [1.54, 1.807) is 37.1 Å². The van der Waals surface area contributed by atoms with Gasteiger partial charge in [-0.15, -0.1) is 0 Å². The molecule has 0 fully saturated rings. The summed E-state index contributed by atoms with van der Waals surface area (Å²) < 4.78 is 1.25. The summed E-state index contributed by atoms with van der Waals surface area (Å²) in [5.74, 6) is 0. The number of carbonyl (C=O) groups is 1. The molecule has 8 heteroatoms. The van der Waals surface area contributed by atoms with Gasteiger partial charge in [-0.25, -0.2) is 4.79 Å². The number of carbonyl (C=O) groups excluding carboxylic acids is 1. The number of nitrogens with zero attached hydrogens (tertiary/aromatic N) is 6. The Morgan fingerprint density at radius 1 is 1.07 bits per heavy atom. The third-order valence-corrected chi connectivity index (χ3v) is 4.41. The van der Waals surface area contributed by atoms with Crippen molar-refractivity contribution in [2.45, 2.75) is 20.4 Å². The monoisotopic (exact) mass is 385 g/mol. The van der Waals surface area contributed by atoms with Gasteiger partial charge < -0.3 is 5.32 Å². The van der Waals surface area contributed by atoms with Crippen LogP contribution in [0.25, 0.3) is 22.5 Å². The van der Waals surface area contributed by atoms with E-state index in [0.717, 1.165) is 33.6 Å². The number of hydrogen-bond donors (Lipinski definition) is 1. The van der Waals surface area contributed by atoms with E-state index in [9.17, 15) is 4.79 Å². The largest absolute Gasteiger partial charge is 0.342 e. The van der Waals surface area contributed by atoms with E-state index in [4.69, 9.17) is 0 Å². The second kappa shape index (κ2) is 7.97. The van der Waals surface area contributed by atoms with E-state index >= 15 is 0 Å². The zero-order valence-corrected chi connectivity index (χ0v) is 16.1. The molecular formula is C21H19N7O. The van der Waals surface area contributed by atoms with Gasteiger partial charge in [-0.3, -0.25) is 9.97 Å². The fraction of sp³-hybridized carbons (Fsp3) is 0.143. The Hall–Kier alpha value is -3.94. The molecule has 1 amide bonds. The molecule has 0 aliphatic carbocycles. The Morgan fingerprint density at radius 2 is 1.97 bits per heavy atom. The summed E-state index contributed by atoms with van der Waals surface area (Å²) >= 11 is 0. The van der Waals surface area contributed by atoms with Crippen LogP contribution < -0.4 is 5.32 Å². The van der Waals surface area contributed by atoms with Gasteiger partial charge in [0.1, 0.15) is 0 Å². The van der Waals surface area contributed by atoms with Crippen molar-refractivity contribution in [1.29, 1.82) is 0 Å². The quantitative estimate of drug-likeness (QED) is 0.579. The van der Waals surface area contributed by atoms with Gasteiger partial charge in [-0.1, -0.05) is 6.07 Å². The van der Waals surface area contributed by atoms with Crippen LogP contribution in [-0.4, -0.2) is 36.0 Å². The van der Waals surface area contributed by atoms with E-state index < -0.39 is 0 Å². The second-order valence-electron chi connectivity index (χ2n) is 6.64. The van der Waals surface area contributed by atoms with Crippen molar-refractivity contribution >= 4 is 6.03 Å². The van der Waals surface area contributed by atoms with Crippen LogP contribution in [0.4, 0.5) is 4.79 Å². The van der Waals surface area contributed by atoms with Crippen LogP contribution >= 0.6 is 0 Å². The third-order valence-electron chi connectivity index (χ3n) is 4.41. The first-order chi connectivity index (χ1) is 14.1. The smallest absolute Gasteiger partial charge is 0.332 e. The second-order valence-corrected chi connectivity index (χ2v) is 6.64. The maximum absolute atomic E-state index is 12.4. The van der Waals surface area contributed by atoms with Crippen LogP contribution in [0.2, 0.25) is 0 Å². The highest BCUT2D eigenvalue weighted by Crippen LogP contribution is 2.21. The molecule has 8 nitrogen and oxygen atoms in total. The number of aryl methyl sites for hydroxylation is 2. The Labute approximate surface area is 167 Å². The van der Waals surface area contributed by atoms with E-state index in [0.29, 0.717) is 12.2 Å². The van der Waals surface area contributed by atoms with Gasteiger partial charge in [0.25, 0.3) is 0 Å². The molecule has 0 aliphatic heterocycles. The average Bonchev–Trinajstić information content (AvgIpc) is 3.23. The third kappa shape index (κ3) is 4.16. The lowest BCUT2D eigenvalue weighted by Gasteiger charge is -2.09. The number of amides is 1. The minimum Gasteiger partial charge on any atom is -0.332 e. The summed E-state index contributed by atoms with van der Waals surface area (Å²) in [6.45, 7) is 4.31. The molecule has 0 bridgehead atoms. The minimum absolute atomic E-state index is 0.327. The topological polar surface area (TPSA) is 98.5 Å². The normalized spacial score (nSPS) is 10.7. The highest BCUT2D eigenvalue weighted by molar-refractivity contribution is 5.77. The number of rotatable bonds is 4. The number of nitrogens with one attached hydrogen (secondary N) is 1. The first-order valence-electron chi connectivity index (χ1n) is 9.09. The first-order valence-corrected chi connectivity index (χ1v) is 9.09. The fourth-order valence-corrected chi connectivity index (χ4v) is 3.01. The first kappa shape index (κ1) is 18.4. The molecule has 144 valence electrons. The molecule has 0 saturated carbocycles. The maximum Gasteiger partial charge on any atom is 0.342 e. The SMILES string of the molecule is Cc1cc(-c2ncc(CNC(=O)n3cc(-c4cccnn4)cn3)cc2C)ccn1. The lowest BCUT2D eigenvalue weighted by atomic mass is 10.1. The Bertz CT molecular complexity index is 1150. The van der Waals surface area contributed by atoms with E-state index in [-0.39, 0.29) is 6.03 Å². The highest BCUT2D eigenvalue weighted by atomic mass is 16.2. The maximum atomic E-state index is 12.4. The summed E-state index contributed by atoms with van der Waals surface area (Å²) in [5, 5.41) is 14.8. The molecule has 0 radical (unpaired) electrons. The zero-order chi connectivity index (χ0) is 20.2. The summed E-state index contributed by atoms with van der Waals surface area (Å²) in [6, 6.07) is 9.23. The number of aromatic nitrogens is 6. The predicted molar refractivity (Wildman–Crippen MR) is 108 cm³/mol. The lowest BCUT2D eigenvalue weighted by Crippen LogP contribution is -2.28. The van der Waals surface area contributed by atoms with Gasteiger partial charge in [-0.05, 0) is 49.2 Å². The molecule has 29 heavy (non-hydrogen) atoms. The Kier molecular flexibility index (Phi) is 5.07. The van der Waals surface area contributed by atoms with Gasteiger partial charge in [0.05, 0.1) is 17.6 Å². The molecule has 4 heterocycles. The molecule has 1 N–H and O–H groups in total. The van der Waals surface area contributed by atoms with Crippen LogP contribution in [0.3, 0.4) is 0 Å². The minimum atomic E-state index is -0.327. The van der Waals surface area contributed by atoms with Crippen molar-refractivity contribution in [3.05, 3.63) is 78.1 Å². The molecule has 0 aromatic carbocycles. The van der Waals surface area contributed by atoms with Crippen molar-refractivity contribution in [2.75, 3.05) is 0 Å². The van der Waals surface area contributed by atoms with Crippen LogP contribution in [-0.2, 0) is 6.54 Å². The molecule has 4 rings (SSSR count). The molecule has 0 aliphatic rings. The molecule has 0 saturated heterocycles. The highest BCUT2D eigenvalue weighted by Gasteiger charge is 2.10. The molecular weight excluding hydrogens is 366 g/mol. The summed E-state index contributed by atoms with van der Waals surface area (Å²) in [4.78, 5) is 21.2. The molecule has 0 atom stereocenters. The fourth-order valence-electron chi connectivity index (χ4n) is 3.01. The standard InChI is InChI=1S/C21H19N7O/c1-14-8-16(10-23-20(14)17-5-7-22-15(2)9-17)11-24-21(29)28-13-18(12-26-28)19-4-3-6-25-27-19/h3-10,12-13H,11H2,1-2H3,(H,24,29). The van der Waals surface area contributed by atoms with Crippen molar-refractivity contribution < 1.29 is 4.79 Å². The molecule has 0 spiro atoms. The molecule has 4 aromatic rings. The summed E-state index contributed by atoms with van der Waals surface area (Å²) in [5.41, 5.74) is 6.21. The van der Waals surface area contributed by atoms with Crippen molar-refractivity contribution in [3.8, 4) is 22.5 Å². The lowest BCUT2D eigenvalue weighted by molar-refractivity contribution is 0.239. The van der Waals surface area contributed by atoms with Crippen LogP contribution in [0.5, 0.6) is 0 Å². The molecule has 0 unspecified atom stereocenters. The van der Waals surface area contributed by atoms with Gasteiger partial charge in [0.15, 0.2) is 0 Å². The van der Waals surface area contributed by atoms with Gasteiger partial charge in [-0.2, -0.15) is 20.0 Å². The van der Waals surface area contributed by atoms with Gasteiger partial charge in [0.2, 0.25) is 0 Å². The summed E-state index contributed by atoms with van der Waals surface area (Å²) in [6.07, 6.45) is 8.35. The van der Waals surface area contributed by atoms with Crippen molar-refractivity contribution in [1.82, 2.24) is 35.3 Å². The van der Waals surface area contributed by atoms with Crippen LogP contribution in [0, 0.1) is 13.8 Å². The Balaban J connectivity index is 1.43. The van der Waals surface area contributed by atoms with Crippen molar-refractivity contribution in [3.63, 3.8) is 0 Å². The van der Waals surface area contributed by atoms with Crippen LogP contribution in [0.1, 0.15) is 16.8 Å².